The molecule has 1 fully saturated rings. The van der Waals surface area contributed by atoms with Crippen molar-refractivity contribution in [2.45, 2.75) is 25.5 Å². The molecule has 3 rings (SSSR count). The number of nitrogens with two attached hydrogens (primary N) is 1. The lowest BCUT2D eigenvalue weighted by molar-refractivity contribution is 0.0941. The van der Waals surface area contributed by atoms with E-state index in [1.54, 1.807) is 18.2 Å². The average Bonchev–Trinajstić information content (AvgIpc) is 3.31. The van der Waals surface area contributed by atoms with Gasteiger partial charge in [0.25, 0.3) is 5.91 Å². The number of nitrogens with zero attached hydrogens (tertiary/aromatic N) is 1. The quantitative estimate of drug-likeness (QED) is 0.782. The molecule has 1 heterocycles. The zero-order valence-corrected chi connectivity index (χ0v) is 14.3. The summed E-state index contributed by atoms with van der Waals surface area (Å²) in [6.07, 6.45) is 2.26. The Balaban J connectivity index is 1.54. The number of hydrogen-bond acceptors (Lipinski definition) is 5. The van der Waals surface area contributed by atoms with Crippen molar-refractivity contribution < 1.29 is 14.1 Å². The second-order valence-corrected chi connectivity index (χ2v) is 6.54. The number of nitrogens with one attached hydrogen (secondary N) is 1. The summed E-state index contributed by atoms with van der Waals surface area (Å²) in [7, 11) is 0. The maximum absolute atomic E-state index is 12.0. The number of aromatic nitrogens is 1. The Labute approximate surface area is 149 Å². The van der Waals surface area contributed by atoms with Gasteiger partial charge in [0, 0.05) is 18.7 Å². The summed E-state index contributed by atoms with van der Waals surface area (Å²) in [5.41, 5.74) is 6.13. The lowest BCUT2D eigenvalue weighted by atomic mass is 10.2. The fourth-order valence-corrected chi connectivity index (χ4v) is 2.75. The van der Waals surface area contributed by atoms with Crippen LogP contribution >= 0.6 is 23.2 Å². The highest BCUT2D eigenvalue weighted by molar-refractivity contribution is 6.37. The maximum atomic E-state index is 12.0. The molecule has 0 saturated heterocycles. The molecule has 1 aromatic carbocycles. The molecule has 1 saturated carbocycles. The van der Waals surface area contributed by atoms with Crippen molar-refractivity contribution in [1.29, 1.82) is 0 Å². The van der Waals surface area contributed by atoms with Crippen LogP contribution in [0.1, 0.15) is 29.1 Å². The van der Waals surface area contributed by atoms with E-state index < -0.39 is 0 Å². The standard InChI is InChI=1S/C16H17Cl2N3O3/c17-11-2-1-3-12(18)15(11)23-8-10-6-14(21-24-10)16(22)20-7-13(19)9-4-5-9/h1-3,6,9,13H,4-5,7-8,19H2,(H,20,22). The molecule has 2 aromatic rings. The Morgan fingerprint density at radius 1 is 1.42 bits per heavy atom. The summed E-state index contributed by atoms with van der Waals surface area (Å²) in [4.78, 5) is 12.0. The smallest absolute Gasteiger partial charge is 0.273 e. The van der Waals surface area contributed by atoms with Gasteiger partial charge >= 0.3 is 0 Å². The van der Waals surface area contributed by atoms with Crippen LogP contribution in [0.3, 0.4) is 0 Å². The number of para-hydroxylation sites is 1. The molecule has 128 valence electrons. The zero-order chi connectivity index (χ0) is 17.1. The zero-order valence-electron chi connectivity index (χ0n) is 12.8. The van der Waals surface area contributed by atoms with Gasteiger partial charge in [-0.05, 0) is 30.9 Å². The molecule has 1 amide bonds. The van der Waals surface area contributed by atoms with Gasteiger partial charge in [-0.3, -0.25) is 4.79 Å². The van der Waals surface area contributed by atoms with Crippen molar-refractivity contribution in [3.63, 3.8) is 0 Å². The van der Waals surface area contributed by atoms with Crippen LogP contribution in [0.25, 0.3) is 0 Å². The summed E-state index contributed by atoms with van der Waals surface area (Å²) in [5.74, 6) is 0.949. The van der Waals surface area contributed by atoms with Crippen LogP contribution in [0.15, 0.2) is 28.8 Å². The Morgan fingerprint density at radius 3 is 2.79 bits per heavy atom. The molecule has 6 nitrogen and oxygen atoms in total. The van der Waals surface area contributed by atoms with E-state index in [2.05, 4.69) is 10.5 Å². The van der Waals surface area contributed by atoms with Crippen molar-refractivity contribution in [2.24, 2.45) is 11.7 Å². The van der Waals surface area contributed by atoms with Crippen molar-refractivity contribution in [1.82, 2.24) is 10.5 Å². The lowest BCUT2D eigenvalue weighted by Gasteiger charge is -2.10. The first-order valence-corrected chi connectivity index (χ1v) is 8.36. The number of carbonyl (C=O) groups excluding carboxylic acids is 1. The molecular weight excluding hydrogens is 353 g/mol. The van der Waals surface area contributed by atoms with Gasteiger partial charge in [0.1, 0.15) is 6.61 Å². The summed E-state index contributed by atoms with van der Waals surface area (Å²) >= 11 is 12.0. The number of ether oxygens (including phenoxy) is 1. The van der Waals surface area contributed by atoms with Crippen molar-refractivity contribution in [2.75, 3.05) is 6.54 Å². The van der Waals surface area contributed by atoms with E-state index in [-0.39, 0.29) is 24.2 Å². The highest BCUT2D eigenvalue weighted by Crippen LogP contribution is 2.33. The van der Waals surface area contributed by atoms with E-state index >= 15 is 0 Å². The Morgan fingerprint density at radius 2 is 2.12 bits per heavy atom. The molecule has 1 aromatic heterocycles. The van der Waals surface area contributed by atoms with Gasteiger partial charge in [-0.25, -0.2) is 0 Å². The van der Waals surface area contributed by atoms with Crippen LogP contribution in [0.5, 0.6) is 5.75 Å². The Hall–Kier alpha value is -1.76. The van der Waals surface area contributed by atoms with E-state index in [0.29, 0.717) is 34.0 Å². The van der Waals surface area contributed by atoms with Gasteiger partial charge in [-0.2, -0.15) is 0 Å². The average molecular weight is 370 g/mol. The van der Waals surface area contributed by atoms with Crippen molar-refractivity contribution in [3.8, 4) is 5.75 Å². The third-order valence-corrected chi connectivity index (χ3v) is 4.39. The molecule has 0 bridgehead atoms. The van der Waals surface area contributed by atoms with E-state index in [1.807, 2.05) is 0 Å². The van der Waals surface area contributed by atoms with Crippen molar-refractivity contribution in [3.05, 3.63) is 45.8 Å². The SMILES string of the molecule is NC(CNC(=O)c1cc(COc2c(Cl)cccc2Cl)on1)C1CC1. The van der Waals surface area contributed by atoms with E-state index in [0.717, 1.165) is 12.8 Å². The van der Waals surface area contributed by atoms with Crippen LogP contribution in [-0.4, -0.2) is 23.7 Å². The maximum Gasteiger partial charge on any atom is 0.273 e. The van der Waals surface area contributed by atoms with Crippen LogP contribution in [0, 0.1) is 5.92 Å². The first-order chi connectivity index (χ1) is 11.5. The third-order valence-electron chi connectivity index (χ3n) is 3.80. The minimum absolute atomic E-state index is 0.00832. The summed E-state index contributed by atoms with van der Waals surface area (Å²) in [6.45, 7) is 0.489. The first-order valence-electron chi connectivity index (χ1n) is 7.61. The molecule has 1 atom stereocenters. The van der Waals surface area contributed by atoms with Gasteiger partial charge in [0.2, 0.25) is 0 Å². The molecule has 0 aliphatic heterocycles. The van der Waals surface area contributed by atoms with Crippen LogP contribution in [0.2, 0.25) is 10.0 Å². The third kappa shape index (κ3) is 4.20. The minimum Gasteiger partial charge on any atom is -0.482 e. The Kier molecular flexibility index (Phi) is 5.28. The second-order valence-electron chi connectivity index (χ2n) is 5.73. The van der Waals surface area contributed by atoms with Crippen LogP contribution < -0.4 is 15.8 Å². The molecule has 0 spiro atoms. The van der Waals surface area contributed by atoms with Gasteiger partial charge in [0.15, 0.2) is 17.2 Å². The van der Waals surface area contributed by atoms with Gasteiger partial charge in [0.05, 0.1) is 10.0 Å². The fourth-order valence-electron chi connectivity index (χ4n) is 2.24. The molecule has 0 radical (unpaired) electrons. The van der Waals surface area contributed by atoms with Crippen LogP contribution in [0.4, 0.5) is 0 Å². The van der Waals surface area contributed by atoms with E-state index in [4.69, 9.17) is 38.2 Å². The van der Waals surface area contributed by atoms with Gasteiger partial charge in [-0.1, -0.05) is 34.4 Å². The highest BCUT2D eigenvalue weighted by atomic mass is 35.5. The van der Waals surface area contributed by atoms with Crippen molar-refractivity contribution >= 4 is 29.1 Å². The molecule has 1 aliphatic carbocycles. The molecular formula is C16H17Cl2N3O3. The minimum atomic E-state index is -0.322. The first kappa shape index (κ1) is 17.1. The number of hydrogen-bond donors (Lipinski definition) is 2. The lowest BCUT2D eigenvalue weighted by Crippen LogP contribution is -2.38. The summed E-state index contributed by atoms with van der Waals surface area (Å²) in [6, 6.07) is 6.57. The highest BCUT2D eigenvalue weighted by Gasteiger charge is 2.28. The fraction of sp³-hybridized carbons (Fsp3) is 0.375. The number of rotatable bonds is 7. The monoisotopic (exact) mass is 369 g/mol. The summed E-state index contributed by atoms with van der Waals surface area (Å²) in [5, 5.41) is 7.29. The topological polar surface area (TPSA) is 90.4 Å². The Bertz CT molecular complexity index is 711. The molecule has 3 N–H and O–H groups in total. The van der Waals surface area contributed by atoms with Gasteiger partial charge < -0.3 is 20.3 Å². The predicted octanol–water partition coefficient (Wildman–Crippen LogP) is 3.03. The largest absolute Gasteiger partial charge is 0.482 e. The van der Waals surface area contributed by atoms with E-state index in [1.165, 1.54) is 6.07 Å². The molecule has 1 unspecified atom stereocenters. The second kappa shape index (κ2) is 7.42. The molecule has 1 aliphatic rings. The number of carbonyl (C=O) groups is 1. The number of amides is 1. The summed E-state index contributed by atoms with van der Waals surface area (Å²) < 4.78 is 10.6. The number of benzene rings is 1. The molecule has 24 heavy (non-hydrogen) atoms. The van der Waals surface area contributed by atoms with Gasteiger partial charge in [-0.15, -0.1) is 0 Å². The van der Waals surface area contributed by atoms with E-state index in [9.17, 15) is 4.79 Å². The number of halogens is 2. The predicted molar refractivity (Wildman–Crippen MR) is 90.3 cm³/mol. The molecule has 8 heteroatoms. The van der Waals surface area contributed by atoms with Crippen LogP contribution in [-0.2, 0) is 6.61 Å². The normalized spacial score (nSPS) is 15.1.